The Labute approximate surface area is 148 Å². The van der Waals surface area contributed by atoms with E-state index in [2.05, 4.69) is 15.2 Å². The van der Waals surface area contributed by atoms with E-state index in [1.54, 1.807) is 12.4 Å². The second-order valence-corrected chi connectivity index (χ2v) is 7.38. The van der Waals surface area contributed by atoms with Crippen molar-refractivity contribution in [1.29, 1.82) is 0 Å². The summed E-state index contributed by atoms with van der Waals surface area (Å²) in [4.78, 5) is 19.1. The number of amides is 1. The van der Waals surface area contributed by atoms with Gasteiger partial charge in [0, 0.05) is 38.5 Å². The molecule has 136 valence electrons. The van der Waals surface area contributed by atoms with E-state index in [0.29, 0.717) is 6.04 Å². The highest BCUT2D eigenvalue weighted by Crippen LogP contribution is 2.33. The van der Waals surface area contributed by atoms with Gasteiger partial charge >= 0.3 is 0 Å². The summed E-state index contributed by atoms with van der Waals surface area (Å²) in [7, 11) is 0. The summed E-state index contributed by atoms with van der Waals surface area (Å²) in [5, 5.41) is 2.91. The predicted molar refractivity (Wildman–Crippen MR) is 94.3 cm³/mol. The highest BCUT2D eigenvalue weighted by atomic mass is 16.5. The first-order valence-corrected chi connectivity index (χ1v) is 9.48. The van der Waals surface area contributed by atoms with Gasteiger partial charge in [-0.15, -0.1) is 0 Å². The van der Waals surface area contributed by atoms with E-state index in [1.165, 1.54) is 12.8 Å². The Morgan fingerprint density at radius 3 is 2.92 bits per heavy atom. The summed E-state index contributed by atoms with van der Waals surface area (Å²) in [6.45, 7) is 4.05. The molecule has 3 aliphatic heterocycles. The number of anilines is 1. The first-order valence-electron chi connectivity index (χ1n) is 9.48. The van der Waals surface area contributed by atoms with Gasteiger partial charge in [-0.05, 0) is 50.2 Å². The second kappa shape index (κ2) is 7.81. The van der Waals surface area contributed by atoms with Crippen LogP contribution in [0, 0.1) is 5.92 Å². The molecule has 3 aliphatic rings. The van der Waals surface area contributed by atoms with Crippen LogP contribution in [-0.4, -0.2) is 60.3 Å². The largest absolute Gasteiger partial charge is 0.381 e. The quantitative estimate of drug-likeness (QED) is 0.905. The molecule has 1 aromatic heterocycles. The molecule has 25 heavy (non-hydrogen) atoms. The third kappa shape index (κ3) is 4.02. The lowest BCUT2D eigenvalue weighted by Crippen LogP contribution is -2.47. The van der Waals surface area contributed by atoms with Crippen LogP contribution in [0.3, 0.4) is 0 Å². The topological polar surface area (TPSA) is 63.7 Å². The van der Waals surface area contributed by atoms with Crippen LogP contribution in [0.25, 0.3) is 0 Å². The number of likely N-dealkylation sites (tertiary alicyclic amines) is 1. The van der Waals surface area contributed by atoms with Gasteiger partial charge in [-0.3, -0.25) is 14.7 Å². The fourth-order valence-corrected chi connectivity index (χ4v) is 4.35. The number of pyridine rings is 1. The Kier molecular flexibility index (Phi) is 5.29. The van der Waals surface area contributed by atoms with E-state index >= 15 is 0 Å². The van der Waals surface area contributed by atoms with Gasteiger partial charge in [0.1, 0.15) is 6.10 Å². The normalized spacial score (nSPS) is 30.8. The number of hydrogen-bond donors (Lipinski definition) is 1. The average Bonchev–Trinajstić information content (AvgIpc) is 3.05. The molecule has 0 bridgehead atoms. The number of nitrogens with one attached hydrogen (secondary N) is 1. The fourth-order valence-electron chi connectivity index (χ4n) is 4.35. The van der Waals surface area contributed by atoms with Gasteiger partial charge < -0.3 is 14.8 Å². The minimum Gasteiger partial charge on any atom is -0.381 e. The molecule has 3 saturated heterocycles. The molecular weight excluding hydrogens is 318 g/mol. The number of nitrogens with zero attached hydrogens (tertiary/aromatic N) is 2. The Morgan fingerprint density at radius 2 is 2.12 bits per heavy atom. The zero-order chi connectivity index (χ0) is 17.1. The van der Waals surface area contributed by atoms with Crippen molar-refractivity contribution in [2.75, 3.05) is 31.6 Å². The molecule has 1 aromatic rings. The van der Waals surface area contributed by atoms with Crippen LogP contribution in [0.15, 0.2) is 24.5 Å². The highest BCUT2D eigenvalue weighted by Gasteiger charge is 2.42. The van der Waals surface area contributed by atoms with Crippen molar-refractivity contribution in [2.45, 2.75) is 50.4 Å². The molecule has 1 N–H and O–H groups in total. The van der Waals surface area contributed by atoms with Crippen molar-refractivity contribution in [3.8, 4) is 0 Å². The molecule has 0 radical (unpaired) electrons. The Balaban J connectivity index is 1.30. The van der Waals surface area contributed by atoms with Crippen molar-refractivity contribution in [1.82, 2.24) is 9.88 Å². The molecule has 1 amide bonds. The first-order chi connectivity index (χ1) is 12.3. The Bertz CT molecular complexity index is 577. The monoisotopic (exact) mass is 345 g/mol. The summed E-state index contributed by atoms with van der Waals surface area (Å²) < 4.78 is 11.6. The van der Waals surface area contributed by atoms with Crippen LogP contribution in [0.5, 0.6) is 0 Å². The van der Waals surface area contributed by atoms with Crippen molar-refractivity contribution in [2.24, 2.45) is 5.92 Å². The molecule has 6 heteroatoms. The molecule has 3 fully saturated rings. The van der Waals surface area contributed by atoms with Crippen molar-refractivity contribution >= 4 is 11.6 Å². The molecule has 6 nitrogen and oxygen atoms in total. The maximum absolute atomic E-state index is 12.5. The third-order valence-corrected chi connectivity index (χ3v) is 5.72. The van der Waals surface area contributed by atoms with E-state index in [9.17, 15) is 4.79 Å². The van der Waals surface area contributed by atoms with Crippen molar-refractivity contribution in [3.05, 3.63) is 24.5 Å². The molecule has 4 heterocycles. The standard InChI is InChI=1S/C19H27N3O3/c23-19(21-15-2-1-8-20-12-15)18-4-3-16-17(25-18)5-9-22(16)13-14-6-10-24-11-7-14/h1-2,8,12,14,16-18H,3-7,9-11,13H2,(H,21,23)/t16-,17-,18-/m1/s1. The van der Waals surface area contributed by atoms with E-state index in [1.807, 2.05) is 12.1 Å². The number of ether oxygens (including phenoxy) is 2. The van der Waals surface area contributed by atoms with E-state index < -0.39 is 0 Å². The van der Waals surface area contributed by atoms with Gasteiger partial charge in [-0.25, -0.2) is 0 Å². The number of rotatable bonds is 4. The van der Waals surface area contributed by atoms with Gasteiger partial charge in [0.15, 0.2) is 0 Å². The summed E-state index contributed by atoms with van der Waals surface area (Å²) in [5.74, 6) is 0.702. The van der Waals surface area contributed by atoms with E-state index in [0.717, 1.165) is 57.2 Å². The predicted octanol–water partition coefficient (Wildman–Crippen LogP) is 2.07. The minimum atomic E-state index is -0.343. The smallest absolute Gasteiger partial charge is 0.253 e. The lowest BCUT2D eigenvalue weighted by Gasteiger charge is -2.37. The Morgan fingerprint density at radius 1 is 1.24 bits per heavy atom. The summed E-state index contributed by atoms with van der Waals surface area (Å²) >= 11 is 0. The maximum atomic E-state index is 12.5. The van der Waals surface area contributed by atoms with Gasteiger partial charge in [-0.2, -0.15) is 0 Å². The number of aromatic nitrogens is 1. The van der Waals surface area contributed by atoms with Crippen molar-refractivity contribution in [3.63, 3.8) is 0 Å². The lowest BCUT2D eigenvalue weighted by atomic mass is 9.96. The number of carbonyl (C=O) groups excluding carboxylic acids is 1. The molecule has 0 saturated carbocycles. The third-order valence-electron chi connectivity index (χ3n) is 5.72. The van der Waals surface area contributed by atoms with E-state index in [4.69, 9.17) is 9.47 Å². The van der Waals surface area contributed by atoms with Crippen LogP contribution in [0.1, 0.15) is 32.1 Å². The Hall–Kier alpha value is -1.50. The lowest BCUT2D eigenvalue weighted by molar-refractivity contribution is -0.138. The SMILES string of the molecule is O=C(Nc1cccnc1)[C@H]1CC[C@@H]2[C@@H](CCN2CC2CCOCC2)O1. The van der Waals surface area contributed by atoms with Crippen LogP contribution >= 0.6 is 0 Å². The number of hydrogen-bond acceptors (Lipinski definition) is 5. The van der Waals surface area contributed by atoms with Gasteiger partial charge in [0.05, 0.1) is 18.0 Å². The molecule has 0 aliphatic carbocycles. The van der Waals surface area contributed by atoms with Gasteiger partial charge in [0.2, 0.25) is 0 Å². The summed E-state index contributed by atoms with van der Waals surface area (Å²) in [6.07, 6.45) is 8.41. The minimum absolute atomic E-state index is 0.0469. The molecule has 0 aromatic carbocycles. The molecule has 3 atom stereocenters. The zero-order valence-electron chi connectivity index (χ0n) is 14.6. The summed E-state index contributed by atoms with van der Waals surface area (Å²) in [5.41, 5.74) is 0.728. The van der Waals surface area contributed by atoms with Gasteiger partial charge in [-0.1, -0.05) is 0 Å². The maximum Gasteiger partial charge on any atom is 0.253 e. The zero-order valence-corrected chi connectivity index (χ0v) is 14.6. The van der Waals surface area contributed by atoms with E-state index in [-0.39, 0.29) is 18.1 Å². The molecule has 0 unspecified atom stereocenters. The molecule has 0 spiro atoms. The molecular formula is C19H27N3O3. The highest BCUT2D eigenvalue weighted by molar-refractivity contribution is 5.94. The fraction of sp³-hybridized carbons (Fsp3) is 0.684. The molecule has 4 rings (SSSR count). The van der Waals surface area contributed by atoms with Crippen LogP contribution in [-0.2, 0) is 14.3 Å². The van der Waals surface area contributed by atoms with Crippen LogP contribution in [0.4, 0.5) is 5.69 Å². The van der Waals surface area contributed by atoms with Crippen LogP contribution in [0.2, 0.25) is 0 Å². The average molecular weight is 345 g/mol. The van der Waals surface area contributed by atoms with Crippen LogP contribution < -0.4 is 5.32 Å². The number of carbonyl (C=O) groups is 1. The van der Waals surface area contributed by atoms with Crippen molar-refractivity contribution < 1.29 is 14.3 Å². The number of fused-ring (bicyclic) bond motifs is 1. The van der Waals surface area contributed by atoms with Gasteiger partial charge in [0.25, 0.3) is 5.91 Å². The first kappa shape index (κ1) is 16.9. The second-order valence-electron chi connectivity index (χ2n) is 7.38. The summed E-state index contributed by atoms with van der Waals surface area (Å²) in [6, 6.07) is 4.14.